The molecule has 206 valence electrons. The van der Waals surface area contributed by atoms with Crippen molar-refractivity contribution in [2.24, 2.45) is 0 Å². The molecule has 9 heteroatoms. The number of amides is 2. The number of benzene rings is 3. The minimum Gasteiger partial charge on any atom is -0.494 e. The summed E-state index contributed by atoms with van der Waals surface area (Å²) in [5.74, 6) is 2.23. The SMILES string of the molecule is COc1cccc2c1ncn2CCOc1ccc(NC(=O)Nc2cc(C(C)(C)C)nn2C2CC2)c2ccccc12. The van der Waals surface area contributed by atoms with Gasteiger partial charge in [-0.25, -0.2) is 14.5 Å². The highest BCUT2D eigenvalue weighted by molar-refractivity contribution is 6.07. The molecule has 2 aromatic heterocycles. The van der Waals surface area contributed by atoms with E-state index in [1.165, 1.54) is 0 Å². The third-order valence-electron chi connectivity index (χ3n) is 7.19. The van der Waals surface area contributed by atoms with Crippen molar-refractivity contribution in [1.29, 1.82) is 0 Å². The largest absolute Gasteiger partial charge is 0.494 e. The molecule has 0 unspecified atom stereocenters. The first kappa shape index (κ1) is 25.7. The number of para-hydroxylation sites is 1. The Hall–Kier alpha value is -4.53. The van der Waals surface area contributed by atoms with E-state index in [1.807, 2.05) is 65.3 Å². The fraction of sp³-hybridized carbons (Fsp3) is 0.323. The molecule has 3 aromatic carbocycles. The molecule has 0 spiro atoms. The highest BCUT2D eigenvalue weighted by Crippen LogP contribution is 2.39. The zero-order valence-electron chi connectivity index (χ0n) is 23.3. The lowest BCUT2D eigenvalue weighted by Crippen LogP contribution is -2.21. The smallest absolute Gasteiger partial charge is 0.324 e. The highest BCUT2D eigenvalue weighted by atomic mass is 16.5. The van der Waals surface area contributed by atoms with E-state index in [0.717, 1.165) is 57.7 Å². The molecule has 0 bridgehead atoms. The molecule has 0 aliphatic heterocycles. The Morgan fingerprint density at radius 3 is 2.55 bits per heavy atom. The second-order valence-electron chi connectivity index (χ2n) is 11.2. The van der Waals surface area contributed by atoms with Gasteiger partial charge in [-0.15, -0.1) is 0 Å². The fourth-order valence-corrected chi connectivity index (χ4v) is 4.89. The van der Waals surface area contributed by atoms with Crippen LogP contribution in [0.1, 0.15) is 45.3 Å². The Kier molecular flexibility index (Phi) is 6.57. The van der Waals surface area contributed by atoms with Crippen LogP contribution >= 0.6 is 0 Å². The van der Waals surface area contributed by atoms with Crippen LogP contribution in [0.15, 0.2) is 67.0 Å². The van der Waals surface area contributed by atoms with Crippen LogP contribution < -0.4 is 20.1 Å². The van der Waals surface area contributed by atoms with E-state index in [2.05, 4.69) is 41.0 Å². The van der Waals surface area contributed by atoms with Gasteiger partial charge in [-0.05, 0) is 37.1 Å². The standard InChI is InChI=1S/C31H34N6O3/c1-31(2,3)27-18-28(37(35-27)20-12-13-20)34-30(38)33-23-14-15-25(22-9-6-5-8-21(22)23)40-17-16-36-19-32-29-24(36)10-7-11-26(29)39-4/h5-11,14-15,18-20H,12-13,16-17H2,1-4H3,(H2,33,34,38). The zero-order valence-corrected chi connectivity index (χ0v) is 23.3. The van der Waals surface area contributed by atoms with Crippen LogP contribution in [0, 0.1) is 0 Å². The molecule has 0 saturated heterocycles. The Morgan fingerprint density at radius 1 is 1.00 bits per heavy atom. The lowest BCUT2D eigenvalue weighted by Gasteiger charge is -2.14. The molecule has 2 amide bonds. The van der Waals surface area contributed by atoms with E-state index in [-0.39, 0.29) is 11.4 Å². The number of anilines is 2. The number of carbonyl (C=O) groups is 1. The van der Waals surface area contributed by atoms with E-state index in [0.29, 0.717) is 24.9 Å². The molecule has 0 atom stereocenters. The van der Waals surface area contributed by atoms with Crippen molar-refractivity contribution >= 4 is 39.3 Å². The van der Waals surface area contributed by atoms with Crippen molar-refractivity contribution in [1.82, 2.24) is 19.3 Å². The Labute approximate surface area is 233 Å². The molecular formula is C31H34N6O3. The summed E-state index contributed by atoms with van der Waals surface area (Å²) < 4.78 is 15.6. The first-order chi connectivity index (χ1) is 19.3. The van der Waals surface area contributed by atoms with E-state index in [1.54, 1.807) is 13.4 Å². The van der Waals surface area contributed by atoms with Crippen LogP contribution in [0.2, 0.25) is 0 Å². The summed E-state index contributed by atoms with van der Waals surface area (Å²) >= 11 is 0. The molecule has 1 aliphatic carbocycles. The van der Waals surface area contributed by atoms with Gasteiger partial charge in [0, 0.05) is 22.3 Å². The molecule has 1 aliphatic rings. The minimum absolute atomic E-state index is 0.100. The van der Waals surface area contributed by atoms with E-state index < -0.39 is 0 Å². The molecule has 0 radical (unpaired) electrons. The van der Waals surface area contributed by atoms with Crippen LogP contribution in [0.4, 0.5) is 16.3 Å². The summed E-state index contributed by atoms with van der Waals surface area (Å²) in [5, 5.41) is 12.7. The number of ether oxygens (including phenoxy) is 2. The van der Waals surface area contributed by atoms with Gasteiger partial charge < -0.3 is 19.4 Å². The molecule has 40 heavy (non-hydrogen) atoms. The van der Waals surface area contributed by atoms with Gasteiger partial charge in [-0.3, -0.25) is 5.32 Å². The molecular weight excluding hydrogens is 504 g/mol. The number of fused-ring (bicyclic) bond motifs is 2. The molecule has 1 saturated carbocycles. The van der Waals surface area contributed by atoms with Crippen molar-refractivity contribution in [3.63, 3.8) is 0 Å². The average Bonchev–Trinajstić information content (AvgIpc) is 3.56. The van der Waals surface area contributed by atoms with Gasteiger partial charge in [-0.2, -0.15) is 5.10 Å². The van der Waals surface area contributed by atoms with Gasteiger partial charge in [0.2, 0.25) is 0 Å². The number of nitrogens with zero attached hydrogens (tertiary/aromatic N) is 4. The van der Waals surface area contributed by atoms with Gasteiger partial charge in [0.25, 0.3) is 0 Å². The average molecular weight is 539 g/mol. The number of urea groups is 1. The van der Waals surface area contributed by atoms with Crippen molar-refractivity contribution < 1.29 is 14.3 Å². The highest BCUT2D eigenvalue weighted by Gasteiger charge is 2.30. The topological polar surface area (TPSA) is 95.2 Å². The Morgan fingerprint density at radius 2 is 1.80 bits per heavy atom. The predicted molar refractivity (Wildman–Crippen MR) is 158 cm³/mol. The van der Waals surface area contributed by atoms with Crippen molar-refractivity contribution in [2.75, 3.05) is 24.4 Å². The van der Waals surface area contributed by atoms with Crippen LogP contribution in [0.3, 0.4) is 0 Å². The molecule has 1 fully saturated rings. The van der Waals surface area contributed by atoms with E-state index in [9.17, 15) is 4.79 Å². The number of hydrogen-bond acceptors (Lipinski definition) is 5. The molecule has 6 rings (SSSR count). The lowest BCUT2D eigenvalue weighted by atomic mass is 9.92. The Bertz CT molecular complexity index is 1690. The molecule has 2 heterocycles. The Balaban J connectivity index is 1.17. The first-order valence-corrected chi connectivity index (χ1v) is 13.6. The maximum absolute atomic E-state index is 13.1. The van der Waals surface area contributed by atoms with Crippen LogP contribution in [0.25, 0.3) is 21.8 Å². The van der Waals surface area contributed by atoms with Crippen LogP contribution in [-0.4, -0.2) is 39.1 Å². The minimum atomic E-state index is -0.302. The van der Waals surface area contributed by atoms with E-state index >= 15 is 0 Å². The van der Waals surface area contributed by atoms with Crippen LogP contribution in [0.5, 0.6) is 11.5 Å². The number of hydrogen-bond donors (Lipinski definition) is 2. The predicted octanol–water partition coefficient (Wildman–Crippen LogP) is 6.75. The summed E-state index contributed by atoms with van der Waals surface area (Å²) in [6, 6.07) is 19.6. The normalized spacial score (nSPS) is 13.5. The molecule has 9 nitrogen and oxygen atoms in total. The van der Waals surface area contributed by atoms with Gasteiger partial charge in [0.15, 0.2) is 0 Å². The van der Waals surface area contributed by atoms with Gasteiger partial charge in [-0.1, -0.05) is 51.1 Å². The number of rotatable bonds is 8. The van der Waals surface area contributed by atoms with Gasteiger partial charge >= 0.3 is 6.03 Å². The summed E-state index contributed by atoms with van der Waals surface area (Å²) in [6.45, 7) is 7.47. The van der Waals surface area contributed by atoms with Gasteiger partial charge in [0.1, 0.15) is 29.4 Å². The number of imidazole rings is 1. The first-order valence-electron chi connectivity index (χ1n) is 13.6. The van der Waals surface area contributed by atoms with Gasteiger partial charge in [0.05, 0.1) is 42.9 Å². The maximum atomic E-state index is 13.1. The summed E-state index contributed by atoms with van der Waals surface area (Å²) in [5.41, 5.74) is 3.40. The third-order valence-corrected chi connectivity index (χ3v) is 7.19. The number of methoxy groups -OCH3 is 1. The third kappa shape index (κ3) is 5.06. The summed E-state index contributed by atoms with van der Waals surface area (Å²) in [7, 11) is 1.65. The van der Waals surface area contributed by atoms with E-state index in [4.69, 9.17) is 14.6 Å². The molecule has 5 aromatic rings. The summed E-state index contributed by atoms with van der Waals surface area (Å²) in [4.78, 5) is 17.6. The quantitative estimate of drug-likeness (QED) is 0.228. The summed E-state index contributed by atoms with van der Waals surface area (Å²) in [6.07, 6.45) is 3.97. The number of aromatic nitrogens is 4. The number of nitrogens with one attached hydrogen (secondary N) is 2. The van der Waals surface area contributed by atoms with Crippen LogP contribution in [-0.2, 0) is 12.0 Å². The fourth-order valence-electron chi connectivity index (χ4n) is 4.89. The second-order valence-corrected chi connectivity index (χ2v) is 11.2. The maximum Gasteiger partial charge on any atom is 0.324 e. The van der Waals surface area contributed by atoms with Crippen molar-refractivity contribution in [3.05, 3.63) is 72.7 Å². The number of carbonyl (C=O) groups excluding carboxylic acids is 1. The monoisotopic (exact) mass is 538 g/mol. The second kappa shape index (κ2) is 10.2. The zero-order chi connectivity index (χ0) is 27.9. The van der Waals surface area contributed by atoms with Crippen molar-refractivity contribution in [2.45, 2.75) is 51.6 Å². The lowest BCUT2D eigenvalue weighted by molar-refractivity contribution is 0.262. The molecule has 2 N–H and O–H groups in total. The van der Waals surface area contributed by atoms with Crippen molar-refractivity contribution in [3.8, 4) is 11.5 Å².